The lowest BCUT2D eigenvalue weighted by Gasteiger charge is -2.06. The number of aromatic nitrogens is 1. The van der Waals surface area contributed by atoms with Crippen LogP contribution < -0.4 is 4.74 Å². The zero-order valence-corrected chi connectivity index (χ0v) is 9.71. The van der Waals surface area contributed by atoms with Gasteiger partial charge in [0.2, 0.25) is 0 Å². The van der Waals surface area contributed by atoms with Crippen molar-refractivity contribution in [2.75, 3.05) is 7.11 Å². The Labute approximate surface area is 101 Å². The third-order valence-electron chi connectivity index (χ3n) is 2.42. The quantitative estimate of drug-likeness (QED) is 0.823. The summed E-state index contributed by atoms with van der Waals surface area (Å²) in [5, 5.41) is 3.01. The number of aryl methyl sites for hydroxylation is 1. The van der Waals surface area contributed by atoms with Gasteiger partial charge in [0, 0.05) is 6.07 Å². The molecule has 0 saturated carbocycles. The van der Waals surface area contributed by atoms with Crippen LogP contribution in [0.3, 0.4) is 0 Å². The van der Waals surface area contributed by atoms with Crippen LogP contribution in [0.4, 0.5) is 13.2 Å². The minimum Gasteiger partial charge on any atom is -0.496 e. The molecular formula is C12H10F3NO2. The topological polar surface area (TPSA) is 35.3 Å². The minimum absolute atomic E-state index is 0.0304. The number of methoxy groups -OCH3 is 1. The summed E-state index contributed by atoms with van der Waals surface area (Å²) in [6.07, 6.45) is -4.52. The van der Waals surface area contributed by atoms with Crippen molar-refractivity contribution in [3.63, 3.8) is 0 Å². The SMILES string of the molecule is COc1ccc(C)cc1-c1cc(C(F)(F)F)no1. The van der Waals surface area contributed by atoms with Gasteiger partial charge in [0.15, 0.2) is 11.5 Å². The van der Waals surface area contributed by atoms with Gasteiger partial charge < -0.3 is 9.26 Å². The Balaban J connectivity index is 2.49. The summed E-state index contributed by atoms with van der Waals surface area (Å²) in [6.45, 7) is 1.82. The lowest BCUT2D eigenvalue weighted by Crippen LogP contribution is -2.04. The van der Waals surface area contributed by atoms with Gasteiger partial charge in [-0.3, -0.25) is 0 Å². The van der Waals surface area contributed by atoms with Gasteiger partial charge in [-0.2, -0.15) is 13.2 Å². The molecule has 0 amide bonds. The van der Waals surface area contributed by atoms with Gasteiger partial charge in [-0.15, -0.1) is 0 Å². The smallest absolute Gasteiger partial charge is 0.436 e. The Morgan fingerprint density at radius 2 is 1.94 bits per heavy atom. The van der Waals surface area contributed by atoms with E-state index in [1.807, 2.05) is 6.92 Å². The summed E-state index contributed by atoms with van der Waals surface area (Å²) < 4.78 is 47.1. The van der Waals surface area contributed by atoms with Crippen LogP contribution in [0.25, 0.3) is 11.3 Å². The predicted molar refractivity (Wildman–Crippen MR) is 58.2 cm³/mol. The first-order valence-electron chi connectivity index (χ1n) is 5.11. The molecule has 6 heteroatoms. The first kappa shape index (κ1) is 12.5. The molecule has 0 aliphatic carbocycles. The summed E-state index contributed by atoms with van der Waals surface area (Å²) in [6, 6.07) is 6.00. The third-order valence-corrected chi connectivity index (χ3v) is 2.42. The molecule has 2 rings (SSSR count). The molecule has 96 valence electrons. The van der Waals surface area contributed by atoms with Crippen LogP contribution >= 0.6 is 0 Å². The molecule has 0 atom stereocenters. The summed E-state index contributed by atoms with van der Waals surface area (Å²) in [5.74, 6) is 0.466. The van der Waals surface area contributed by atoms with E-state index < -0.39 is 11.9 Å². The Bertz CT molecular complexity index is 561. The van der Waals surface area contributed by atoms with E-state index in [1.54, 1.807) is 18.2 Å². The van der Waals surface area contributed by atoms with E-state index >= 15 is 0 Å². The molecule has 1 aromatic carbocycles. The van der Waals surface area contributed by atoms with E-state index in [1.165, 1.54) is 7.11 Å². The molecule has 0 radical (unpaired) electrons. The highest BCUT2D eigenvalue weighted by Gasteiger charge is 2.35. The van der Waals surface area contributed by atoms with Crippen molar-refractivity contribution in [1.29, 1.82) is 0 Å². The van der Waals surface area contributed by atoms with Crippen molar-refractivity contribution in [3.05, 3.63) is 35.5 Å². The second-order valence-electron chi connectivity index (χ2n) is 3.78. The molecule has 1 aromatic heterocycles. The van der Waals surface area contributed by atoms with Gasteiger partial charge in [0.25, 0.3) is 0 Å². The van der Waals surface area contributed by atoms with Crippen LogP contribution in [0, 0.1) is 6.92 Å². The van der Waals surface area contributed by atoms with E-state index in [2.05, 4.69) is 5.16 Å². The van der Waals surface area contributed by atoms with E-state index in [9.17, 15) is 13.2 Å². The summed E-state index contributed by atoms with van der Waals surface area (Å²) in [5.41, 5.74) is 0.275. The summed E-state index contributed by atoms with van der Waals surface area (Å²) in [4.78, 5) is 0. The van der Waals surface area contributed by atoms with Gasteiger partial charge in [0.05, 0.1) is 12.7 Å². The Morgan fingerprint density at radius 1 is 1.22 bits per heavy atom. The predicted octanol–water partition coefficient (Wildman–Crippen LogP) is 3.68. The molecule has 0 spiro atoms. The number of rotatable bonds is 2. The second-order valence-corrected chi connectivity index (χ2v) is 3.78. The average molecular weight is 257 g/mol. The largest absolute Gasteiger partial charge is 0.496 e. The lowest BCUT2D eigenvalue weighted by molar-refractivity contribution is -0.142. The van der Waals surface area contributed by atoms with Crippen LogP contribution in [-0.2, 0) is 6.18 Å². The normalized spacial score (nSPS) is 11.6. The van der Waals surface area contributed by atoms with Crippen LogP contribution in [0.5, 0.6) is 5.75 Å². The number of alkyl halides is 3. The molecule has 3 nitrogen and oxygen atoms in total. The molecule has 0 bridgehead atoms. The van der Waals surface area contributed by atoms with Crippen molar-refractivity contribution in [2.24, 2.45) is 0 Å². The van der Waals surface area contributed by atoms with Gasteiger partial charge in [-0.25, -0.2) is 0 Å². The highest BCUT2D eigenvalue weighted by molar-refractivity contribution is 5.66. The maximum Gasteiger partial charge on any atom is 0.436 e. The first-order chi connectivity index (χ1) is 8.41. The number of nitrogens with zero attached hydrogens (tertiary/aromatic N) is 1. The fourth-order valence-corrected chi connectivity index (χ4v) is 1.55. The number of benzene rings is 1. The fourth-order valence-electron chi connectivity index (χ4n) is 1.55. The molecule has 0 aliphatic rings. The fraction of sp³-hybridized carbons (Fsp3) is 0.250. The van der Waals surface area contributed by atoms with Crippen molar-refractivity contribution in [2.45, 2.75) is 13.1 Å². The average Bonchev–Trinajstić information content (AvgIpc) is 2.77. The number of hydrogen-bond donors (Lipinski definition) is 0. The third kappa shape index (κ3) is 2.32. The van der Waals surface area contributed by atoms with Gasteiger partial charge >= 0.3 is 6.18 Å². The number of ether oxygens (including phenoxy) is 1. The highest BCUT2D eigenvalue weighted by atomic mass is 19.4. The van der Waals surface area contributed by atoms with E-state index in [-0.39, 0.29) is 5.76 Å². The molecule has 0 saturated heterocycles. The van der Waals surface area contributed by atoms with E-state index in [0.717, 1.165) is 11.6 Å². The van der Waals surface area contributed by atoms with Gasteiger partial charge in [-0.05, 0) is 19.1 Å². The van der Waals surface area contributed by atoms with Crippen LogP contribution in [0.1, 0.15) is 11.3 Å². The van der Waals surface area contributed by atoms with Gasteiger partial charge in [-0.1, -0.05) is 16.8 Å². The minimum atomic E-state index is -4.52. The standard InChI is InChI=1S/C12H10F3NO2/c1-7-3-4-9(17-2)8(5-7)10-6-11(16-18-10)12(13,14)15/h3-6H,1-2H3. The molecule has 0 aliphatic heterocycles. The Morgan fingerprint density at radius 3 is 2.50 bits per heavy atom. The number of hydrogen-bond acceptors (Lipinski definition) is 3. The van der Waals surface area contributed by atoms with Crippen molar-refractivity contribution in [3.8, 4) is 17.1 Å². The van der Waals surface area contributed by atoms with Crippen molar-refractivity contribution >= 4 is 0 Å². The van der Waals surface area contributed by atoms with Gasteiger partial charge in [0.1, 0.15) is 5.75 Å². The van der Waals surface area contributed by atoms with E-state index in [0.29, 0.717) is 11.3 Å². The van der Waals surface area contributed by atoms with Crippen LogP contribution in [-0.4, -0.2) is 12.3 Å². The molecule has 18 heavy (non-hydrogen) atoms. The molecule has 0 fully saturated rings. The first-order valence-corrected chi connectivity index (χ1v) is 5.11. The zero-order valence-electron chi connectivity index (χ0n) is 9.71. The van der Waals surface area contributed by atoms with Crippen LogP contribution in [0.2, 0.25) is 0 Å². The second kappa shape index (κ2) is 4.36. The molecule has 0 unspecified atom stereocenters. The number of halogens is 3. The monoisotopic (exact) mass is 257 g/mol. The van der Waals surface area contributed by atoms with E-state index in [4.69, 9.17) is 9.26 Å². The zero-order chi connectivity index (χ0) is 13.3. The molecule has 2 aromatic rings. The van der Waals surface area contributed by atoms with Crippen LogP contribution in [0.15, 0.2) is 28.8 Å². The molecule has 1 heterocycles. The maximum atomic E-state index is 12.4. The molecular weight excluding hydrogens is 247 g/mol. The maximum absolute atomic E-state index is 12.4. The van der Waals surface area contributed by atoms with Crippen molar-refractivity contribution < 1.29 is 22.4 Å². The summed E-state index contributed by atoms with van der Waals surface area (Å²) >= 11 is 0. The Hall–Kier alpha value is -1.98. The lowest BCUT2D eigenvalue weighted by atomic mass is 10.1. The molecule has 0 N–H and O–H groups in total. The highest BCUT2D eigenvalue weighted by Crippen LogP contribution is 2.35. The van der Waals surface area contributed by atoms with Crippen molar-refractivity contribution in [1.82, 2.24) is 5.16 Å². The Kier molecular flexibility index (Phi) is 3.02. The summed E-state index contributed by atoms with van der Waals surface area (Å²) in [7, 11) is 1.44.